The first kappa shape index (κ1) is 34.7. The van der Waals surface area contributed by atoms with Gasteiger partial charge in [0.1, 0.15) is 0 Å². The quantitative estimate of drug-likeness (QED) is 0.0777. The molecular formula is C40H48N2O5Si2. The first-order chi connectivity index (χ1) is 23.4. The molecule has 0 radical (unpaired) electrons. The Morgan fingerprint density at radius 1 is 0.633 bits per heavy atom. The fraction of sp³-hybridized carbons (Fsp3) is 0.350. The van der Waals surface area contributed by atoms with Gasteiger partial charge in [-0.15, -0.1) is 0 Å². The SMILES string of the molecule is C[Si](C)(CCCNC(=O)O)O[Si](C)(C)CCC(CC1c2ccccc2-c2ccccc21)(CC1c2ccccc2-c2ccccc21)NC(=O)O. The smallest absolute Gasteiger partial charge is 0.405 e. The van der Waals surface area contributed by atoms with E-state index in [1.807, 2.05) is 0 Å². The molecular weight excluding hydrogens is 645 g/mol. The molecule has 256 valence electrons. The van der Waals surface area contributed by atoms with Crippen molar-refractivity contribution in [2.45, 2.75) is 81.3 Å². The highest BCUT2D eigenvalue weighted by molar-refractivity contribution is 6.84. The van der Waals surface area contributed by atoms with Crippen molar-refractivity contribution < 1.29 is 23.9 Å². The van der Waals surface area contributed by atoms with Gasteiger partial charge in [0.25, 0.3) is 0 Å². The topological polar surface area (TPSA) is 108 Å². The lowest BCUT2D eigenvalue weighted by molar-refractivity contribution is 0.165. The van der Waals surface area contributed by atoms with Crippen molar-refractivity contribution >= 4 is 28.8 Å². The van der Waals surface area contributed by atoms with Crippen LogP contribution in [0.25, 0.3) is 22.3 Å². The predicted molar refractivity (Wildman–Crippen MR) is 201 cm³/mol. The van der Waals surface area contributed by atoms with E-state index in [2.05, 4.69) is 134 Å². The minimum atomic E-state index is -2.29. The molecule has 0 fully saturated rings. The van der Waals surface area contributed by atoms with Crippen LogP contribution in [0.5, 0.6) is 0 Å². The molecule has 6 rings (SSSR count). The summed E-state index contributed by atoms with van der Waals surface area (Å²) < 4.78 is 7.03. The molecule has 4 N–H and O–H groups in total. The van der Waals surface area contributed by atoms with Gasteiger partial charge >= 0.3 is 12.2 Å². The van der Waals surface area contributed by atoms with E-state index < -0.39 is 34.4 Å². The van der Waals surface area contributed by atoms with E-state index in [0.29, 0.717) is 25.8 Å². The Morgan fingerprint density at radius 2 is 1.02 bits per heavy atom. The number of carbonyl (C=O) groups is 2. The van der Waals surface area contributed by atoms with Gasteiger partial charge in [-0.05, 0) is 108 Å². The van der Waals surface area contributed by atoms with Gasteiger partial charge in [-0.2, -0.15) is 0 Å². The Labute approximate surface area is 292 Å². The van der Waals surface area contributed by atoms with Gasteiger partial charge in [0, 0.05) is 23.9 Å². The second kappa shape index (κ2) is 14.0. The lowest BCUT2D eigenvalue weighted by atomic mass is 9.74. The first-order valence-electron chi connectivity index (χ1n) is 17.4. The molecule has 0 aromatic heterocycles. The summed E-state index contributed by atoms with van der Waals surface area (Å²) in [6.45, 7) is 9.34. The van der Waals surface area contributed by atoms with Gasteiger partial charge in [0.15, 0.2) is 16.6 Å². The van der Waals surface area contributed by atoms with Crippen LogP contribution in [0.4, 0.5) is 9.59 Å². The number of hydrogen-bond acceptors (Lipinski definition) is 3. The third-order valence-corrected chi connectivity index (χ3v) is 17.9. The Bertz CT molecular complexity index is 1650. The van der Waals surface area contributed by atoms with Crippen LogP contribution in [0.2, 0.25) is 38.3 Å². The minimum Gasteiger partial charge on any atom is -0.465 e. The fourth-order valence-electron chi connectivity index (χ4n) is 8.52. The molecule has 0 saturated carbocycles. The lowest BCUT2D eigenvalue weighted by Crippen LogP contribution is -2.52. The van der Waals surface area contributed by atoms with Crippen LogP contribution in [0.1, 0.15) is 59.8 Å². The predicted octanol–water partition coefficient (Wildman–Crippen LogP) is 9.87. The van der Waals surface area contributed by atoms with Gasteiger partial charge in [0.2, 0.25) is 0 Å². The number of fused-ring (bicyclic) bond motifs is 6. The monoisotopic (exact) mass is 692 g/mol. The normalized spacial score (nSPS) is 14.1. The number of benzene rings is 4. The number of carboxylic acid groups (broad SMARTS) is 2. The molecule has 0 atom stereocenters. The van der Waals surface area contributed by atoms with Crippen LogP contribution < -0.4 is 10.6 Å². The number of rotatable bonds is 14. The van der Waals surface area contributed by atoms with Crippen molar-refractivity contribution in [1.82, 2.24) is 10.6 Å². The molecule has 2 amide bonds. The summed E-state index contributed by atoms with van der Waals surface area (Å²) in [5.74, 6) is 0.0915. The van der Waals surface area contributed by atoms with E-state index in [1.165, 1.54) is 44.5 Å². The molecule has 0 aliphatic heterocycles. The van der Waals surface area contributed by atoms with Crippen LogP contribution in [-0.4, -0.2) is 51.1 Å². The molecule has 7 nitrogen and oxygen atoms in total. The van der Waals surface area contributed by atoms with E-state index in [1.54, 1.807) is 0 Å². The second-order valence-corrected chi connectivity index (χ2v) is 23.9. The van der Waals surface area contributed by atoms with Crippen LogP contribution in [0, 0.1) is 0 Å². The van der Waals surface area contributed by atoms with Gasteiger partial charge in [-0.3, -0.25) is 0 Å². The first-order valence-corrected chi connectivity index (χ1v) is 23.6. The van der Waals surface area contributed by atoms with E-state index in [0.717, 1.165) is 18.5 Å². The molecule has 0 spiro atoms. The minimum absolute atomic E-state index is 0.0457. The van der Waals surface area contributed by atoms with E-state index >= 15 is 0 Å². The summed E-state index contributed by atoms with van der Waals surface area (Å²) in [6, 6.07) is 35.9. The maximum atomic E-state index is 12.9. The second-order valence-electron chi connectivity index (χ2n) is 15.0. The summed E-state index contributed by atoms with van der Waals surface area (Å²) in [4.78, 5) is 23.9. The summed E-state index contributed by atoms with van der Waals surface area (Å²) in [5.41, 5.74) is 9.18. The maximum Gasteiger partial charge on any atom is 0.405 e. The summed E-state index contributed by atoms with van der Waals surface area (Å²) in [7, 11) is -4.40. The number of nitrogens with one attached hydrogen (secondary N) is 2. The highest BCUT2D eigenvalue weighted by Gasteiger charge is 2.45. The zero-order valence-electron chi connectivity index (χ0n) is 29.0. The molecule has 2 aliphatic rings. The van der Waals surface area contributed by atoms with Gasteiger partial charge in [-0.25, -0.2) is 9.59 Å². The molecule has 2 aliphatic carbocycles. The zero-order valence-corrected chi connectivity index (χ0v) is 31.0. The Morgan fingerprint density at radius 3 is 1.41 bits per heavy atom. The van der Waals surface area contributed by atoms with Gasteiger partial charge < -0.3 is 25.0 Å². The molecule has 0 bridgehead atoms. The average Bonchev–Trinajstić information content (AvgIpc) is 3.54. The van der Waals surface area contributed by atoms with Crippen molar-refractivity contribution in [3.8, 4) is 22.3 Å². The zero-order chi connectivity index (χ0) is 34.8. The van der Waals surface area contributed by atoms with Crippen LogP contribution >= 0.6 is 0 Å². The fourth-order valence-corrected chi connectivity index (χ4v) is 17.4. The molecule has 0 heterocycles. The number of amides is 2. The van der Waals surface area contributed by atoms with Gasteiger partial charge in [0.05, 0.1) is 0 Å². The van der Waals surface area contributed by atoms with Crippen molar-refractivity contribution in [2.24, 2.45) is 0 Å². The molecule has 9 heteroatoms. The average molecular weight is 693 g/mol. The summed E-state index contributed by atoms with van der Waals surface area (Å²) in [6.07, 6.45) is 0.672. The molecule has 0 unspecified atom stereocenters. The highest BCUT2D eigenvalue weighted by Crippen LogP contribution is 2.53. The third-order valence-electron chi connectivity index (χ3n) is 10.5. The third kappa shape index (κ3) is 7.69. The maximum absolute atomic E-state index is 12.9. The molecule has 49 heavy (non-hydrogen) atoms. The summed E-state index contributed by atoms with van der Waals surface area (Å²) >= 11 is 0. The van der Waals surface area contributed by atoms with Crippen molar-refractivity contribution in [3.63, 3.8) is 0 Å². The highest BCUT2D eigenvalue weighted by atomic mass is 28.4. The van der Waals surface area contributed by atoms with E-state index in [9.17, 15) is 14.7 Å². The Balaban J connectivity index is 1.36. The molecule has 4 aromatic carbocycles. The van der Waals surface area contributed by atoms with Crippen LogP contribution in [0.3, 0.4) is 0 Å². The molecule has 4 aromatic rings. The molecule has 0 saturated heterocycles. The van der Waals surface area contributed by atoms with Crippen molar-refractivity contribution in [3.05, 3.63) is 119 Å². The Kier molecular flexibility index (Phi) is 9.89. The van der Waals surface area contributed by atoms with E-state index in [4.69, 9.17) is 9.22 Å². The standard InChI is InChI=1S/C40H48N2O5Si2/c1-48(2,24-13-23-41-38(43)44)47-49(3,4)25-22-40(42-39(45)46,26-36-32-18-9-5-14-28(32)29-15-6-10-19-33(29)36)27-37-34-20-11-7-16-30(34)31-17-8-12-21-35(31)37/h5-12,14-21,36-37,41-42H,13,22-27H2,1-4H3,(H,43,44)(H,45,46). The summed E-state index contributed by atoms with van der Waals surface area (Å²) in [5, 5.41) is 25.2. The van der Waals surface area contributed by atoms with Crippen LogP contribution in [-0.2, 0) is 4.12 Å². The number of hydrogen-bond donors (Lipinski definition) is 4. The van der Waals surface area contributed by atoms with Gasteiger partial charge in [-0.1, -0.05) is 97.1 Å². The lowest BCUT2D eigenvalue weighted by Gasteiger charge is -2.42. The van der Waals surface area contributed by atoms with Crippen LogP contribution in [0.15, 0.2) is 97.1 Å². The van der Waals surface area contributed by atoms with Crippen molar-refractivity contribution in [1.29, 1.82) is 0 Å². The van der Waals surface area contributed by atoms with E-state index in [-0.39, 0.29) is 11.8 Å². The largest absolute Gasteiger partial charge is 0.465 e. The van der Waals surface area contributed by atoms with Crippen molar-refractivity contribution in [2.75, 3.05) is 6.54 Å². The Hall–Kier alpha value is -4.19.